The molecule has 0 aliphatic carbocycles. The lowest BCUT2D eigenvalue weighted by atomic mass is 9.99. The second kappa shape index (κ2) is 7.72. The normalized spacial score (nSPS) is 17.0. The molecule has 1 fully saturated rings. The average Bonchev–Trinajstić information content (AvgIpc) is 3.03. The van der Waals surface area contributed by atoms with Gasteiger partial charge in [-0.3, -0.25) is 0 Å². The Labute approximate surface area is 174 Å². The molecule has 1 saturated heterocycles. The Morgan fingerprint density at radius 3 is 2.90 bits per heavy atom. The van der Waals surface area contributed by atoms with Crippen LogP contribution in [0.2, 0.25) is 5.02 Å². The first kappa shape index (κ1) is 18.5. The summed E-state index contributed by atoms with van der Waals surface area (Å²) in [5.41, 5.74) is 3.44. The molecule has 0 amide bonds. The van der Waals surface area contributed by atoms with E-state index in [2.05, 4.69) is 15.3 Å². The topological polar surface area (TPSA) is 63.9 Å². The molecule has 29 heavy (non-hydrogen) atoms. The fraction of sp³-hybridized carbons (Fsp3) is 0.429. The van der Waals surface area contributed by atoms with Crippen molar-refractivity contribution < 1.29 is 9.47 Å². The summed E-state index contributed by atoms with van der Waals surface area (Å²) in [6, 6.07) is 7.48. The van der Waals surface area contributed by atoms with Crippen molar-refractivity contribution in [3.8, 4) is 11.5 Å². The number of nitrogens with one attached hydrogen (secondary N) is 1. The number of rotatable bonds is 5. The first-order chi connectivity index (χ1) is 14.2. The Morgan fingerprint density at radius 1 is 1.21 bits per heavy atom. The Hall–Kier alpha value is -2.51. The van der Waals surface area contributed by atoms with Gasteiger partial charge in [0, 0.05) is 49.7 Å². The van der Waals surface area contributed by atoms with E-state index < -0.39 is 0 Å². The van der Waals surface area contributed by atoms with E-state index in [1.807, 2.05) is 28.9 Å². The van der Waals surface area contributed by atoms with Gasteiger partial charge in [0.15, 0.2) is 5.65 Å². The first-order valence-electron chi connectivity index (χ1n) is 10.0. The summed E-state index contributed by atoms with van der Waals surface area (Å²) in [4.78, 5) is 7.24. The molecular weight excluding hydrogens is 390 g/mol. The van der Waals surface area contributed by atoms with E-state index in [0.717, 1.165) is 50.4 Å². The van der Waals surface area contributed by atoms with Crippen LogP contribution in [0.25, 0.3) is 5.65 Å². The Balaban J connectivity index is 1.30. The molecule has 0 saturated carbocycles. The lowest BCUT2D eigenvalue weighted by molar-refractivity contribution is 0.219. The number of methoxy groups -OCH3 is 1. The number of nitrogens with zero attached hydrogens (tertiary/aromatic N) is 4. The van der Waals surface area contributed by atoms with Gasteiger partial charge in [-0.1, -0.05) is 11.6 Å². The maximum absolute atomic E-state index is 6.29. The van der Waals surface area contributed by atoms with Crippen LogP contribution < -0.4 is 19.7 Å². The van der Waals surface area contributed by atoms with Gasteiger partial charge in [-0.15, -0.1) is 0 Å². The molecule has 0 unspecified atom stereocenters. The number of anilines is 1. The summed E-state index contributed by atoms with van der Waals surface area (Å²) in [5.74, 6) is 3.07. The predicted molar refractivity (Wildman–Crippen MR) is 112 cm³/mol. The van der Waals surface area contributed by atoms with Crippen LogP contribution in [0.4, 0.5) is 5.82 Å². The fourth-order valence-electron chi connectivity index (χ4n) is 4.12. The van der Waals surface area contributed by atoms with E-state index in [-0.39, 0.29) is 0 Å². The maximum Gasteiger partial charge on any atom is 0.157 e. The lowest BCUT2D eigenvalue weighted by Gasteiger charge is -2.41. The SMILES string of the molecule is COc1ccc(OCC2CN(c3c4c(nc5ccnn35)CCNCC4)C2)c(Cl)c1. The average molecular weight is 414 g/mol. The third-order valence-corrected chi connectivity index (χ3v) is 5.95. The highest BCUT2D eigenvalue weighted by Gasteiger charge is 2.32. The van der Waals surface area contributed by atoms with Crippen molar-refractivity contribution in [3.63, 3.8) is 0 Å². The summed E-state index contributed by atoms with van der Waals surface area (Å²) >= 11 is 6.29. The van der Waals surface area contributed by atoms with Crippen LogP contribution in [-0.4, -0.2) is 54.5 Å². The molecule has 3 aromatic rings. The second-order valence-electron chi connectivity index (χ2n) is 7.59. The molecule has 5 rings (SSSR count). The highest BCUT2D eigenvalue weighted by molar-refractivity contribution is 6.32. The van der Waals surface area contributed by atoms with Crippen molar-refractivity contribution in [2.45, 2.75) is 12.8 Å². The van der Waals surface area contributed by atoms with Gasteiger partial charge in [0.2, 0.25) is 0 Å². The van der Waals surface area contributed by atoms with E-state index in [1.165, 1.54) is 17.1 Å². The second-order valence-corrected chi connectivity index (χ2v) is 8.00. The van der Waals surface area contributed by atoms with Crippen LogP contribution in [0.15, 0.2) is 30.5 Å². The monoisotopic (exact) mass is 413 g/mol. The number of ether oxygens (including phenoxy) is 2. The largest absolute Gasteiger partial charge is 0.497 e. The molecular formula is C21H24ClN5O2. The molecule has 4 heterocycles. The quantitative estimate of drug-likeness (QED) is 0.693. The number of hydrogen-bond acceptors (Lipinski definition) is 6. The van der Waals surface area contributed by atoms with Gasteiger partial charge in [0.05, 0.1) is 30.6 Å². The van der Waals surface area contributed by atoms with Crippen LogP contribution in [0.1, 0.15) is 11.3 Å². The minimum absolute atomic E-state index is 0.450. The number of fused-ring (bicyclic) bond motifs is 2. The summed E-state index contributed by atoms with van der Waals surface area (Å²) in [7, 11) is 1.63. The molecule has 0 radical (unpaired) electrons. The van der Waals surface area contributed by atoms with Crippen molar-refractivity contribution in [2.24, 2.45) is 5.92 Å². The number of aromatic nitrogens is 3. The van der Waals surface area contributed by atoms with Gasteiger partial charge in [0.1, 0.15) is 17.3 Å². The Bertz CT molecular complexity index is 1030. The molecule has 0 spiro atoms. The zero-order valence-corrected chi connectivity index (χ0v) is 17.2. The Morgan fingerprint density at radius 2 is 2.07 bits per heavy atom. The smallest absolute Gasteiger partial charge is 0.157 e. The molecule has 0 atom stereocenters. The van der Waals surface area contributed by atoms with Crippen LogP contribution in [0.5, 0.6) is 11.5 Å². The summed E-state index contributed by atoms with van der Waals surface area (Å²) in [5, 5.41) is 8.59. The van der Waals surface area contributed by atoms with Crippen LogP contribution >= 0.6 is 11.6 Å². The Kier molecular flexibility index (Phi) is 4.93. The van der Waals surface area contributed by atoms with Crippen LogP contribution in [-0.2, 0) is 12.8 Å². The molecule has 1 aromatic carbocycles. The van der Waals surface area contributed by atoms with Gasteiger partial charge < -0.3 is 19.7 Å². The zero-order chi connectivity index (χ0) is 19.8. The van der Waals surface area contributed by atoms with Crippen molar-refractivity contribution in [3.05, 3.63) is 46.7 Å². The first-order valence-corrected chi connectivity index (χ1v) is 10.4. The van der Waals surface area contributed by atoms with Gasteiger partial charge in [-0.2, -0.15) is 9.61 Å². The maximum atomic E-state index is 6.29. The molecule has 1 N–H and O–H groups in total. The summed E-state index contributed by atoms with van der Waals surface area (Å²) in [6.45, 7) is 4.46. The van der Waals surface area contributed by atoms with E-state index in [9.17, 15) is 0 Å². The van der Waals surface area contributed by atoms with Gasteiger partial charge in [-0.05, 0) is 25.1 Å². The standard InChI is InChI=1S/C21H24ClN5O2/c1-28-15-2-3-19(17(22)10-15)29-13-14-11-26(12-14)21-16-4-7-23-8-5-18(16)25-20-6-9-24-27(20)21/h2-3,6,9-10,14,23H,4-5,7-8,11-13H2,1H3. The molecule has 8 heteroatoms. The number of halogens is 1. The third-order valence-electron chi connectivity index (χ3n) is 5.65. The molecule has 2 aliphatic rings. The number of hydrogen-bond donors (Lipinski definition) is 1. The van der Waals surface area contributed by atoms with E-state index in [4.69, 9.17) is 26.1 Å². The molecule has 2 aliphatic heterocycles. The van der Waals surface area contributed by atoms with Crippen molar-refractivity contribution in [1.82, 2.24) is 19.9 Å². The van der Waals surface area contributed by atoms with Crippen molar-refractivity contribution in [2.75, 3.05) is 44.8 Å². The molecule has 0 bridgehead atoms. The van der Waals surface area contributed by atoms with Gasteiger partial charge >= 0.3 is 0 Å². The molecule has 2 aromatic heterocycles. The predicted octanol–water partition coefficient (Wildman–Crippen LogP) is 2.59. The molecule has 152 valence electrons. The minimum Gasteiger partial charge on any atom is -0.497 e. The fourth-order valence-corrected chi connectivity index (χ4v) is 4.35. The zero-order valence-electron chi connectivity index (χ0n) is 16.4. The minimum atomic E-state index is 0.450. The van der Waals surface area contributed by atoms with E-state index in [1.54, 1.807) is 13.2 Å². The van der Waals surface area contributed by atoms with Gasteiger partial charge in [0.25, 0.3) is 0 Å². The van der Waals surface area contributed by atoms with E-state index in [0.29, 0.717) is 23.3 Å². The third kappa shape index (κ3) is 3.49. The highest BCUT2D eigenvalue weighted by atomic mass is 35.5. The van der Waals surface area contributed by atoms with E-state index >= 15 is 0 Å². The van der Waals surface area contributed by atoms with Crippen LogP contribution in [0.3, 0.4) is 0 Å². The number of benzene rings is 1. The summed E-state index contributed by atoms with van der Waals surface area (Å²) in [6.07, 6.45) is 3.77. The summed E-state index contributed by atoms with van der Waals surface area (Å²) < 4.78 is 13.1. The van der Waals surface area contributed by atoms with Crippen LogP contribution in [0, 0.1) is 5.92 Å². The lowest BCUT2D eigenvalue weighted by Crippen LogP contribution is -2.50. The van der Waals surface area contributed by atoms with Crippen molar-refractivity contribution >= 4 is 23.1 Å². The van der Waals surface area contributed by atoms with Gasteiger partial charge in [-0.25, -0.2) is 4.98 Å². The molecule has 7 nitrogen and oxygen atoms in total. The highest BCUT2D eigenvalue weighted by Crippen LogP contribution is 2.33. The van der Waals surface area contributed by atoms with Crippen molar-refractivity contribution in [1.29, 1.82) is 0 Å².